The third kappa shape index (κ3) is 2.54. The maximum atomic E-state index is 9.29. The van der Waals surface area contributed by atoms with Gasteiger partial charge in [0.15, 0.2) is 0 Å². The van der Waals surface area contributed by atoms with Crippen LogP contribution in [0.25, 0.3) is 0 Å². The lowest BCUT2D eigenvalue weighted by molar-refractivity contribution is 0.0152. The van der Waals surface area contributed by atoms with E-state index in [1.54, 1.807) is 12.1 Å². The van der Waals surface area contributed by atoms with Gasteiger partial charge in [0.1, 0.15) is 5.75 Å². The molecule has 1 N–H and O–H groups in total. The molecule has 1 unspecified atom stereocenters. The van der Waals surface area contributed by atoms with Crippen molar-refractivity contribution in [1.29, 1.82) is 0 Å². The first-order valence-electron chi connectivity index (χ1n) is 5.92. The zero-order valence-corrected chi connectivity index (χ0v) is 9.72. The smallest absolute Gasteiger partial charge is 0.115 e. The molecule has 1 aromatic carbocycles. The Balaban J connectivity index is 2.11. The Morgan fingerprint density at radius 1 is 1.25 bits per heavy atom. The van der Waals surface area contributed by atoms with E-state index in [2.05, 4.69) is 11.8 Å². The van der Waals surface area contributed by atoms with Crippen molar-refractivity contribution in [3.8, 4) is 5.75 Å². The Kier molecular flexibility index (Phi) is 3.80. The molecule has 1 saturated heterocycles. The van der Waals surface area contributed by atoms with Crippen molar-refractivity contribution < 1.29 is 9.84 Å². The highest BCUT2D eigenvalue weighted by Gasteiger charge is 2.20. The van der Waals surface area contributed by atoms with Crippen LogP contribution in [-0.4, -0.2) is 36.3 Å². The van der Waals surface area contributed by atoms with E-state index in [4.69, 9.17) is 4.74 Å². The third-order valence-corrected chi connectivity index (χ3v) is 3.15. The summed E-state index contributed by atoms with van der Waals surface area (Å²) in [5.74, 6) is 0.334. The number of phenols is 1. The van der Waals surface area contributed by atoms with Gasteiger partial charge in [0, 0.05) is 19.1 Å². The van der Waals surface area contributed by atoms with E-state index >= 15 is 0 Å². The van der Waals surface area contributed by atoms with E-state index in [1.165, 1.54) is 5.56 Å². The molecule has 88 valence electrons. The molecule has 0 spiro atoms. The van der Waals surface area contributed by atoms with E-state index in [-0.39, 0.29) is 0 Å². The predicted molar refractivity (Wildman–Crippen MR) is 63.5 cm³/mol. The molecule has 1 aliphatic rings. The first-order valence-corrected chi connectivity index (χ1v) is 5.92. The summed E-state index contributed by atoms with van der Waals surface area (Å²) in [5.41, 5.74) is 1.28. The number of phenolic OH excluding ortho intramolecular Hbond substituents is 1. The lowest BCUT2D eigenvalue weighted by Crippen LogP contribution is -2.38. The molecule has 1 aromatic rings. The van der Waals surface area contributed by atoms with Gasteiger partial charge < -0.3 is 9.84 Å². The molecule has 0 aliphatic carbocycles. The second kappa shape index (κ2) is 5.32. The van der Waals surface area contributed by atoms with Gasteiger partial charge in [0.05, 0.1) is 13.2 Å². The van der Waals surface area contributed by atoms with Gasteiger partial charge in [0.25, 0.3) is 0 Å². The number of ether oxygens (including phenoxy) is 1. The number of hydrogen-bond donors (Lipinski definition) is 1. The number of morpholine rings is 1. The minimum atomic E-state index is 0.334. The van der Waals surface area contributed by atoms with Gasteiger partial charge in [-0.2, -0.15) is 0 Å². The monoisotopic (exact) mass is 221 g/mol. The summed E-state index contributed by atoms with van der Waals surface area (Å²) in [6.07, 6.45) is 1.09. The maximum Gasteiger partial charge on any atom is 0.115 e. The third-order valence-electron chi connectivity index (χ3n) is 3.15. The molecule has 0 bridgehead atoms. The molecule has 1 atom stereocenters. The molecular formula is C13H19NO2. The van der Waals surface area contributed by atoms with E-state index in [9.17, 15) is 5.11 Å². The maximum absolute atomic E-state index is 9.29. The minimum Gasteiger partial charge on any atom is -0.508 e. The Morgan fingerprint density at radius 3 is 2.44 bits per heavy atom. The average molecular weight is 221 g/mol. The highest BCUT2D eigenvalue weighted by Crippen LogP contribution is 2.26. The highest BCUT2D eigenvalue weighted by atomic mass is 16.5. The van der Waals surface area contributed by atoms with Crippen LogP contribution in [0, 0.1) is 0 Å². The van der Waals surface area contributed by atoms with Crippen molar-refractivity contribution in [3.05, 3.63) is 29.8 Å². The molecule has 0 amide bonds. The van der Waals surface area contributed by atoms with Crippen LogP contribution in [0.2, 0.25) is 0 Å². The van der Waals surface area contributed by atoms with Gasteiger partial charge in [-0.1, -0.05) is 19.1 Å². The van der Waals surface area contributed by atoms with Crippen LogP contribution in [0.4, 0.5) is 0 Å². The fraction of sp³-hybridized carbons (Fsp3) is 0.538. The lowest BCUT2D eigenvalue weighted by atomic mass is 10.0. The number of nitrogens with zero attached hydrogens (tertiary/aromatic N) is 1. The molecule has 2 rings (SSSR count). The minimum absolute atomic E-state index is 0.334. The summed E-state index contributed by atoms with van der Waals surface area (Å²) in [6, 6.07) is 8.00. The second-order valence-corrected chi connectivity index (χ2v) is 4.16. The zero-order valence-electron chi connectivity index (χ0n) is 9.72. The van der Waals surface area contributed by atoms with Crippen LogP contribution in [0.3, 0.4) is 0 Å². The van der Waals surface area contributed by atoms with E-state index in [0.717, 1.165) is 32.7 Å². The Morgan fingerprint density at radius 2 is 1.88 bits per heavy atom. The molecule has 16 heavy (non-hydrogen) atoms. The summed E-state index contributed by atoms with van der Waals surface area (Å²) in [7, 11) is 0. The number of aromatic hydroxyl groups is 1. The van der Waals surface area contributed by atoms with Gasteiger partial charge in [0.2, 0.25) is 0 Å². The average Bonchev–Trinajstić information content (AvgIpc) is 2.34. The van der Waals surface area contributed by atoms with Crippen LogP contribution < -0.4 is 0 Å². The Bertz CT molecular complexity index is 317. The Hall–Kier alpha value is -1.06. The summed E-state index contributed by atoms with van der Waals surface area (Å²) >= 11 is 0. The summed E-state index contributed by atoms with van der Waals surface area (Å²) in [6.45, 7) is 5.86. The first-order chi connectivity index (χ1) is 7.81. The normalized spacial score (nSPS) is 19.6. The molecule has 0 saturated carbocycles. The fourth-order valence-corrected chi connectivity index (χ4v) is 2.29. The van der Waals surface area contributed by atoms with Crippen molar-refractivity contribution in [1.82, 2.24) is 4.90 Å². The number of benzene rings is 1. The molecule has 3 nitrogen and oxygen atoms in total. The van der Waals surface area contributed by atoms with Gasteiger partial charge in [-0.25, -0.2) is 0 Å². The van der Waals surface area contributed by atoms with Crippen LogP contribution in [0.15, 0.2) is 24.3 Å². The van der Waals surface area contributed by atoms with Gasteiger partial charge in [-0.05, 0) is 24.1 Å². The zero-order chi connectivity index (χ0) is 11.4. The van der Waals surface area contributed by atoms with Crippen LogP contribution >= 0.6 is 0 Å². The van der Waals surface area contributed by atoms with Crippen LogP contribution in [0.1, 0.15) is 24.9 Å². The van der Waals surface area contributed by atoms with Crippen LogP contribution in [-0.2, 0) is 4.74 Å². The first kappa shape index (κ1) is 11.4. The summed E-state index contributed by atoms with van der Waals surface area (Å²) < 4.78 is 5.37. The predicted octanol–water partition coefficient (Wildman–Crippen LogP) is 2.18. The molecule has 3 heteroatoms. The molecule has 1 aliphatic heterocycles. The van der Waals surface area contributed by atoms with E-state index in [0.29, 0.717) is 11.8 Å². The topological polar surface area (TPSA) is 32.7 Å². The van der Waals surface area contributed by atoms with Gasteiger partial charge in [-0.15, -0.1) is 0 Å². The highest BCUT2D eigenvalue weighted by molar-refractivity contribution is 5.28. The molecule has 0 radical (unpaired) electrons. The number of hydrogen-bond acceptors (Lipinski definition) is 3. The van der Waals surface area contributed by atoms with E-state index < -0.39 is 0 Å². The Labute approximate surface area is 96.6 Å². The molecule has 0 aromatic heterocycles. The molecule has 1 heterocycles. The van der Waals surface area contributed by atoms with Crippen LogP contribution in [0.5, 0.6) is 5.75 Å². The van der Waals surface area contributed by atoms with Gasteiger partial charge in [-0.3, -0.25) is 4.90 Å². The van der Waals surface area contributed by atoms with Crippen molar-refractivity contribution in [2.45, 2.75) is 19.4 Å². The lowest BCUT2D eigenvalue weighted by Gasteiger charge is -2.34. The van der Waals surface area contributed by atoms with Crippen molar-refractivity contribution in [3.63, 3.8) is 0 Å². The number of rotatable bonds is 3. The van der Waals surface area contributed by atoms with Crippen molar-refractivity contribution >= 4 is 0 Å². The summed E-state index contributed by atoms with van der Waals surface area (Å²) in [5, 5.41) is 9.29. The van der Waals surface area contributed by atoms with Crippen molar-refractivity contribution in [2.75, 3.05) is 26.3 Å². The fourth-order valence-electron chi connectivity index (χ4n) is 2.29. The summed E-state index contributed by atoms with van der Waals surface area (Å²) in [4.78, 5) is 2.45. The quantitative estimate of drug-likeness (QED) is 0.849. The largest absolute Gasteiger partial charge is 0.508 e. The second-order valence-electron chi connectivity index (χ2n) is 4.16. The molecule has 1 fully saturated rings. The SMILES string of the molecule is CCC(c1ccc(O)cc1)N1CCOCC1. The molecular weight excluding hydrogens is 202 g/mol. The van der Waals surface area contributed by atoms with E-state index in [1.807, 2.05) is 12.1 Å². The van der Waals surface area contributed by atoms with Gasteiger partial charge >= 0.3 is 0 Å². The van der Waals surface area contributed by atoms with Crippen molar-refractivity contribution in [2.24, 2.45) is 0 Å². The standard InChI is InChI=1S/C13H19NO2/c1-2-13(14-7-9-16-10-8-14)11-3-5-12(15)6-4-11/h3-6,13,15H,2,7-10H2,1H3.